The van der Waals surface area contributed by atoms with E-state index in [1.807, 2.05) is 0 Å². The average Bonchev–Trinajstić information content (AvgIpc) is 2.26. The van der Waals surface area contributed by atoms with Crippen molar-refractivity contribution in [3.8, 4) is 5.75 Å². The lowest BCUT2D eigenvalue weighted by atomic mass is 10.1. The molecule has 2 N–H and O–H groups in total. The van der Waals surface area contributed by atoms with Gasteiger partial charge in [-0.15, -0.1) is 0 Å². The molecule has 0 fully saturated rings. The van der Waals surface area contributed by atoms with E-state index in [0.29, 0.717) is 0 Å². The number of aromatic carboxylic acids is 1. The highest BCUT2D eigenvalue weighted by molar-refractivity contribution is 6.06. The van der Waals surface area contributed by atoms with Gasteiger partial charge in [-0.05, 0) is 12.1 Å². The molecule has 0 aliphatic heterocycles. The van der Waals surface area contributed by atoms with Crippen LogP contribution in [0.15, 0.2) is 18.2 Å². The summed E-state index contributed by atoms with van der Waals surface area (Å²) in [7, 11) is 2.79. The SMILES string of the molecule is CNC(=O)c1cccc(OC)c1C(=O)O. The normalized spacial score (nSPS) is 9.47. The summed E-state index contributed by atoms with van der Waals surface area (Å²) in [6, 6.07) is 4.50. The Labute approximate surface area is 86.7 Å². The summed E-state index contributed by atoms with van der Waals surface area (Å²) in [5, 5.41) is 11.3. The summed E-state index contributed by atoms with van der Waals surface area (Å²) >= 11 is 0. The van der Waals surface area contributed by atoms with E-state index in [9.17, 15) is 9.59 Å². The van der Waals surface area contributed by atoms with Crippen molar-refractivity contribution in [1.82, 2.24) is 5.32 Å². The van der Waals surface area contributed by atoms with Crippen LogP contribution in [0.4, 0.5) is 0 Å². The molecule has 0 unspecified atom stereocenters. The summed E-state index contributed by atoms with van der Waals surface area (Å²) in [5.41, 5.74) is -0.0382. The minimum absolute atomic E-state index is 0.0874. The van der Waals surface area contributed by atoms with Gasteiger partial charge in [0.05, 0.1) is 12.7 Å². The molecule has 0 spiro atoms. The van der Waals surface area contributed by atoms with Crippen LogP contribution in [0.1, 0.15) is 20.7 Å². The molecule has 15 heavy (non-hydrogen) atoms. The van der Waals surface area contributed by atoms with Crippen molar-refractivity contribution in [3.63, 3.8) is 0 Å². The number of carboxylic acid groups (broad SMARTS) is 1. The Balaban J connectivity index is 3.38. The smallest absolute Gasteiger partial charge is 0.340 e. The summed E-state index contributed by atoms with van der Waals surface area (Å²) < 4.78 is 4.88. The Morgan fingerprint density at radius 2 is 2.07 bits per heavy atom. The zero-order valence-electron chi connectivity index (χ0n) is 8.40. The molecule has 5 heteroatoms. The fourth-order valence-corrected chi connectivity index (χ4v) is 1.25. The molecule has 0 aliphatic carbocycles. The first-order valence-electron chi connectivity index (χ1n) is 4.24. The Morgan fingerprint density at radius 3 is 2.53 bits per heavy atom. The molecule has 0 radical (unpaired) electrons. The van der Waals surface area contributed by atoms with Crippen LogP contribution >= 0.6 is 0 Å². The second kappa shape index (κ2) is 4.45. The fourth-order valence-electron chi connectivity index (χ4n) is 1.25. The van der Waals surface area contributed by atoms with Gasteiger partial charge in [-0.2, -0.15) is 0 Å². The second-order valence-corrected chi connectivity index (χ2v) is 2.77. The average molecular weight is 209 g/mol. The molecule has 0 heterocycles. The van der Waals surface area contributed by atoms with Crippen LogP contribution in [-0.2, 0) is 0 Å². The van der Waals surface area contributed by atoms with E-state index >= 15 is 0 Å². The Bertz CT molecular complexity index is 400. The van der Waals surface area contributed by atoms with Crippen molar-refractivity contribution < 1.29 is 19.4 Å². The van der Waals surface area contributed by atoms with E-state index in [4.69, 9.17) is 9.84 Å². The van der Waals surface area contributed by atoms with Crippen molar-refractivity contribution in [1.29, 1.82) is 0 Å². The second-order valence-electron chi connectivity index (χ2n) is 2.77. The van der Waals surface area contributed by atoms with Crippen LogP contribution in [0.3, 0.4) is 0 Å². The number of benzene rings is 1. The van der Waals surface area contributed by atoms with Gasteiger partial charge >= 0.3 is 5.97 Å². The molecule has 0 atom stereocenters. The molecule has 1 aromatic rings. The highest BCUT2D eigenvalue weighted by Gasteiger charge is 2.19. The molecule has 1 rings (SSSR count). The summed E-state index contributed by atoms with van der Waals surface area (Å²) in [6.07, 6.45) is 0. The number of methoxy groups -OCH3 is 1. The number of carbonyl (C=O) groups excluding carboxylic acids is 1. The third kappa shape index (κ3) is 2.07. The number of hydrogen-bond donors (Lipinski definition) is 2. The van der Waals surface area contributed by atoms with Gasteiger partial charge in [-0.1, -0.05) is 6.07 Å². The molecule has 0 saturated carbocycles. The van der Waals surface area contributed by atoms with Crippen LogP contribution in [0.2, 0.25) is 0 Å². The number of ether oxygens (including phenoxy) is 1. The van der Waals surface area contributed by atoms with Gasteiger partial charge in [0.25, 0.3) is 5.91 Å². The molecular weight excluding hydrogens is 198 g/mol. The largest absolute Gasteiger partial charge is 0.496 e. The van der Waals surface area contributed by atoms with Gasteiger partial charge < -0.3 is 15.2 Å². The molecule has 5 nitrogen and oxygen atoms in total. The number of amides is 1. The van der Waals surface area contributed by atoms with E-state index in [1.54, 1.807) is 6.07 Å². The zero-order valence-corrected chi connectivity index (χ0v) is 8.40. The molecule has 80 valence electrons. The maximum Gasteiger partial charge on any atom is 0.340 e. The third-order valence-corrected chi connectivity index (χ3v) is 1.93. The van der Waals surface area contributed by atoms with Crippen molar-refractivity contribution in [2.45, 2.75) is 0 Å². The molecule has 0 saturated heterocycles. The van der Waals surface area contributed by atoms with E-state index < -0.39 is 11.9 Å². The topological polar surface area (TPSA) is 75.6 Å². The quantitative estimate of drug-likeness (QED) is 0.770. The number of nitrogens with one attached hydrogen (secondary N) is 1. The van der Waals surface area contributed by atoms with Gasteiger partial charge in [-0.25, -0.2) is 4.79 Å². The standard InChI is InChI=1S/C10H11NO4/c1-11-9(12)6-4-3-5-7(15-2)8(6)10(13)14/h3-5H,1-2H3,(H,11,12)(H,13,14). The lowest BCUT2D eigenvalue weighted by molar-refractivity contribution is 0.0687. The first-order chi connectivity index (χ1) is 7.11. The van der Waals surface area contributed by atoms with E-state index in [1.165, 1.54) is 26.3 Å². The molecule has 1 amide bonds. The van der Waals surface area contributed by atoms with Gasteiger partial charge in [0, 0.05) is 7.05 Å². The lowest BCUT2D eigenvalue weighted by Crippen LogP contribution is -2.21. The predicted molar refractivity (Wildman–Crippen MR) is 53.3 cm³/mol. The van der Waals surface area contributed by atoms with Crippen LogP contribution in [0.5, 0.6) is 5.75 Å². The van der Waals surface area contributed by atoms with Gasteiger partial charge in [0.1, 0.15) is 11.3 Å². The number of rotatable bonds is 3. The van der Waals surface area contributed by atoms with Crippen LogP contribution in [0.25, 0.3) is 0 Å². The first kappa shape index (κ1) is 11.0. The van der Waals surface area contributed by atoms with Crippen molar-refractivity contribution in [2.24, 2.45) is 0 Å². The minimum atomic E-state index is -1.19. The molecule has 0 aliphatic rings. The highest BCUT2D eigenvalue weighted by Crippen LogP contribution is 2.22. The summed E-state index contributed by atoms with van der Waals surface area (Å²) in [6.45, 7) is 0. The number of carbonyl (C=O) groups is 2. The van der Waals surface area contributed by atoms with Crippen molar-refractivity contribution >= 4 is 11.9 Å². The molecule has 1 aromatic carbocycles. The van der Waals surface area contributed by atoms with Crippen LogP contribution in [0, 0.1) is 0 Å². The molecule has 0 bridgehead atoms. The number of hydrogen-bond acceptors (Lipinski definition) is 3. The number of carboxylic acids is 1. The first-order valence-corrected chi connectivity index (χ1v) is 4.24. The lowest BCUT2D eigenvalue weighted by Gasteiger charge is -2.08. The third-order valence-electron chi connectivity index (χ3n) is 1.93. The fraction of sp³-hybridized carbons (Fsp3) is 0.200. The molecule has 0 aromatic heterocycles. The van der Waals surface area contributed by atoms with Crippen LogP contribution < -0.4 is 10.1 Å². The van der Waals surface area contributed by atoms with E-state index in [2.05, 4.69) is 5.32 Å². The maximum atomic E-state index is 11.4. The Morgan fingerprint density at radius 1 is 1.40 bits per heavy atom. The minimum Gasteiger partial charge on any atom is -0.496 e. The highest BCUT2D eigenvalue weighted by atomic mass is 16.5. The van der Waals surface area contributed by atoms with Gasteiger partial charge in [0.15, 0.2) is 0 Å². The van der Waals surface area contributed by atoms with Gasteiger partial charge in [0.2, 0.25) is 0 Å². The monoisotopic (exact) mass is 209 g/mol. The van der Waals surface area contributed by atoms with E-state index in [-0.39, 0.29) is 16.9 Å². The Kier molecular flexibility index (Phi) is 3.28. The summed E-state index contributed by atoms with van der Waals surface area (Å²) in [4.78, 5) is 22.3. The predicted octanol–water partition coefficient (Wildman–Crippen LogP) is 0.753. The molecular formula is C10H11NO4. The van der Waals surface area contributed by atoms with E-state index in [0.717, 1.165) is 0 Å². The van der Waals surface area contributed by atoms with Gasteiger partial charge in [-0.3, -0.25) is 4.79 Å². The van der Waals surface area contributed by atoms with Crippen molar-refractivity contribution in [2.75, 3.05) is 14.2 Å². The maximum absolute atomic E-state index is 11.4. The zero-order chi connectivity index (χ0) is 11.4. The van der Waals surface area contributed by atoms with Crippen LogP contribution in [-0.4, -0.2) is 31.1 Å². The summed E-state index contributed by atoms with van der Waals surface area (Å²) in [5.74, 6) is -1.47. The van der Waals surface area contributed by atoms with Crippen molar-refractivity contribution in [3.05, 3.63) is 29.3 Å². The Hall–Kier alpha value is -2.04.